The minimum Gasteiger partial charge on any atom is -0.493 e. The summed E-state index contributed by atoms with van der Waals surface area (Å²) >= 11 is 0. The molecule has 0 aliphatic carbocycles. The van der Waals surface area contributed by atoms with Gasteiger partial charge in [0.2, 0.25) is 0 Å². The molecule has 0 bridgehead atoms. The molecular weight excluding hydrogens is 284 g/mol. The molecule has 0 fully saturated rings. The van der Waals surface area contributed by atoms with E-state index < -0.39 is 0 Å². The maximum atomic E-state index is 5.75. The molecule has 2 N–H and O–H groups in total. The second kappa shape index (κ2) is 9.21. The van der Waals surface area contributed by atoms with Gasteiger partial charge >= 0.3 is 0 Å². The number of nitrogens with one attached hydrogen (secondary N) is 2. The lowest BCUT2D eigenvalue weighted by Gasteiger charge is -2.15. The number of anilines is 1. The lowest BCUT2D eigenvalue weighted by molar-refractivity contribution is 0.271. The first-order valence-electron chi connectivity index (χ1n) is 8.40. The molecule has 0 aromatic heterocycles. The molecule has 0 saturated heterocycles. The minimum absolute atomic E-state index is 0.360. The van der Waals surface area contributed by atoms with E-state index in [0.717, 1.165) is 31.1 Å². The predicted molar refractivity (Wildman–Crippen MR) is 98.1 cm³/mol. The molecule has 1 unspecified atom stereocenters. The number of benzene rings is 2. The molecular formula is C20H28N2O. The highest BCUT2D eigenvalue weighted by molar-refractivity contribution is 5.48. The van der Waals surface area contributed by atoms with E-state index in [0.29, 0.717) is 12.0 Å². The van der Waals surface area contributed by atoms with Crippen LogP contribution in [0.25, 0.3) is 0 Å². The molecule has 0 aliphatic rings. The maximum absolute atomic E-state index is 5.75. The average Bonchev–Trinajstić information content (AvgIpc) is 2.58. The van der Waals surface area contributed by atoms with Gasteiger partial charge in [0.05, 0.1) is 6.61 Å². The zero-order chi connectivity index (χ0) is 16.5. The van der Waals surface area contributed by atoms with E-state index >= 15 is 0 Å². The summed E-state index contributed by atoms with van der Waals surface area (Å²) in [4.78, 5) is 0. The smallest absolute Gasteiger partial charge is 0.121 e. The minimum atomic E-state index is 0.360. The zero-order valence-electron chi connectivity index (χ0n) is 14.4. The van der Waals surface area contributed by atoms with E-state index in [1.165, 1.54) is 5.56 Å². The van der Waals surface area contributed by atoms with Gasteiger partial charge in [-0.25, -0.2) is 0 Å². The van der Waals surface area contributed by atoms with Crippen LogP contribution in [-0.2, 0) is 0 Å². The lowest BCUT2D eigenvalue weighted by Crippen LogP contribution is -2.25. The molecule has 3 nitrogen and oxygen atoms in total. The van der Waals surface area contributed by atoms with Gasteiger partial charge in [-0.1, -0.05) is 50.2 Å². The third-order valence-electron chi connectivity index (χ3n) is 3.62. The molecule has 0 amide bonds. The van der Waals surface area contributed by atoms with Crippen molar-refractivity contribution in [3.05, 3.63) is 60.2 Å². The quantitative estimate of drug-likeness (QED) is 0.670. The fourth-order valence-corrected chi connectivity index (χ4v) is 2.31. The van der Waals surface area contributed by atoms with Crippen molar-refractivity contribution in [1.29, 1.82) is 0 Å². The van der Waals surface area contributed by atoms with E-state index in [4.69, 9.17) is 4.74 Å². The Hall–Kier alpha value is -2.00. The van der Waals surface area contributed by atoms with Crippen molar-refractivity contribution < 1.29 is 4.74 Å². The van der Waals surface area contributed by atoms with Crippen LogP contribution in [0.2, 0.25) is 0 Å². The van der Waals surface area contributed by atoms with E-state index in [1.807, 2.05) is 18.2 Å². The third kappa shape index (κ3) is 6.33. The first kappa shape index (κ1) is 17.4. The second-order valence-electron chi connectivity index (χ2n) is 6.25. The van der Waals surface area contributed by atoms with Crippen molar-refractivity contribution in [2.45, 2.75) is 26.8 Å². The predicted octanol–water partition coefficient (Wildman–Crippen LogP) is 4.48. The molecule has 1 atom stereocenters. The van der Waals surface area contributed by atoms with Gasteiger partial charge in [0.15, 0.2) is 0 Å². The van der Waals surface area contributed by atoms with E-state index in [9.17, 15) is 0 Å². The van der Waals surface area contributed by atoms with Gasteiger partial charge in [0, 0.05) is 30.9 Å². The van der Waals surface area contributed by atoms with Gasteiger partial charge in [0.1, 0.15) is 5.75 Å². The van der Waals surface area contributed by atoms with Gasteiger partial charge in [-0.15, -0.1) is 0 Å². The van der Waals surface area contributed by atoms with E-state index in [2.05, 4.69) is 67.8 Å². The SMILES string of the molecule is CC(C)COc1cccc(NCCNC(C)c2ccccc2)c1. The van der Waals surface area contributed by atoms with Gasteiger partial charge < -0.3 is 15.4 Å². The third-order valence-corrected chi connectivity index (χ3v) is 3.62. The first-order chi connectivity index (χ1) is 11.1. The van der Waals surface area contributed by atoms with Crippen molar-refractivity contribution in [3.63, 3.8) is 0 Å². The van der Waals surface area contributed by atoms with Crippen LogP contribution in [0.4, 0.5) is 5.69 Å². The van der Waals surface area contributed by atoms with Gasteiger partial charge in [-0.2, -0.15) is 0 Å². The largest absolute Gasteiger partial charge is 0.493 e. The molecule has 3 heteroatoms. The topological polar surface area (TPSA) is 33.3 Å². The lowest BCUT2D eigenvalue weighted by atomic mass is 10.1. The number of rotatable bonds is 9. The number of hydrogen-bond donors (Lipinski definition) is 2. The summed E-state index contributed by atoms with van der Waals surface area (Å²) in [5, 5.41) is 6.97. The van der Waals surface area contributed by atoms with Crippen LogP contribution in [0.1, 0.15) is 32.4 Å². The molecule has 2 rings (SSSR count). The van der Waals surface area contributed by atoms with Crippen LogP contribution < -0.4 is 15.4 Å². The van der Waals surface area contributed by atoms with Crippen LogP contribution in [0.3, 0.4) is 0 Å². The molecule has 0 radical (unpaired) electrons. The first-order valence-corrected chi connectivity index (χ1v) is 8.40. The Labute approximate surface area is 140 Å². The summed E-state index contributed by atoms with van der Waals surface area (Å²) in [5.41, 5.74) is 2.41. The molecule has 2 aromatic rings. The summed E-state index contributed by atoms with van der Waals surface area (Å²) in [6.45, 7) is 9.04. The highest BCUT2D eigenvalue weighted by Crippen LogP contribution is 2.18. The van der Waals surface area contributed by atoms with Crippen molar-refractivity contribution in [2.75, 3.05) is 25.0 Å². The van der Waals surface area contributed by atoms with Crippen molar-refractivity contribution in [2.24, 2.45) is 5.92 Å². The standard InChI is InChI=1S/C20H28N2O/c1-16(2)15-23-20-11-7-10-19(14-20)22-13-12-21-17(3)18-8-5-4-6-9-18/h4-11,14,16-17,21-22H,12-13,15H2,1-3H3. The number of hydrogen-bond acceptors (Lipinski definition) is 3. The molecule has 0 spiro atoms. The molecule has 23 heavy (non-hydrogen) atoms. The Bertz CT molecular complexity index is 569. The van der Waals surface area contributed by atoms with Crippen LogP contribution in [0, 0.1) is 5.92 Å². The average molecular weight is 312 g/mol. The monoisotopic (exact) mass is 312 g/mol. The molecule has 0 saturated carbocycles. The van der Waals surface area contributed by atoms with E-state index in [1.54, 1.807) is 0 Å². The summed E-state index contributed by atoms with van der Waals surface area (Å²) in [7, 11) is 0. The molecule has 0 heterocycles. The Kier molecular flexibility index (Phi) is 6.95. The summed E-state index contributed by atoms with van der Waals surface area (Å²) in [6.07, 6.45) is 0. The maximum Gasteiger partial charge on any atom is 0.121 e. The van der Waals surface area contributed by atoms with Gasteiger partial charge in [0.25, 0.3) is 0 Å². The summed E-state index contributed by atoms with van der Waals surface area (Å²) < 4.78 is 5.75. The van der Waals surface area contributed by atoms with Crippen LogP contribution in [0.15, 0.2) is 54.6 Å². The van der Waals surface area contributed by atoms with Crippen LogP contribution in [0.5, 0.6) is 5.75 Å². The summed E-state index contributed by atoms with van der Waals surface area (Å²) in [5.74, 6) is 1.46. The highest BCUT2D eigenvalue weighted by atomic mass is 16.5. The van der Waals surface area contributed by atoms with Crippen LogP contribution >= 0.6 is 0 Å². The fraction of sp³-hybridized carbons (Fsp3) is 0.400. The Morgan fingerprint density at radius 2 is 1.70 bits per heavy atom. The van der Waals surface area contributed by atoms with Crippen molar-refractivity contribution >= 4 is 5.69 Å². The molecule has 2 aromatic carbocycles. The highest BCUT2D eigenvalue weighted by Gasteiger charge is 2.03. The van der Waals surface area contributed by atoms with Crippen molar-refractivity contribution in [3.8, 4) is 5.75 Å². The normalized spacial score (nSPS) is 12.2. The van der Waals surface area contributed by atoms with Gasteiger partial charge in [-0.3, -0.25) is 0 Å². The Morgan fingerprint density at radius 3 is 2.43 bits per heavy atom. The number of ether oxygens (including phenoxy) is 1. The van der Waals surface area contributed by atoms with E-state index in [-0.39, 0.29) is 0 Å². The molecule has 124 valence electrons. The molecule has 0 aliphatic heterocycles. The zero-order valence-corrected chi connectivity index (χ0v) is 14.4. The second-order valence-corrected chi connectivity index (χ2v) is 6.25. The fourth-order valence-electron chi connectivity index (χ4n) is 2.31. The Balaban J connectivity index is 1.72. The Morgan fingerprint density at radius 1 is 0.913 bits per heavy atom. The summed E-state index contributed by atoms with van der Waals surface area (Å²) in [6, 6.07) is 19.0. The van der Waals surface area contributed by atoms with Crippen LogP contribution in [-0.4, -0.2) is 19.7 Å². The van der Waals surface area contributed by atoms with Gasteiger partial charge in [-0.05, 0) is 30.5 Å². The van der Waals surface area contributed by atoms with Crippen molar-refractivity contribution in [1.82, 2.24) is 5.32 Å².